The van der Waals surface area contributed by atoms with Crippen LogP contribution in [0.2, 0.25) is 0 Å². The lowest BCUT2D eigenvalue weighted by Crippen LogP contribution is -2.06. The lowest BCUT2D eigenvalue weighted by atomic mass is 10.2. The molecule has 8 nitrogen and oxygen atoms in total. The first-order valence-electron chi connectivity index (χ1n) is 5.93. The maximum absolute atomic E-state index is 11.1. The van der Waals surface area contributed by atoms with Crippen molar-refractivity contribution in [1.82, 2.24) is 14.8 Å². The summed E-state index contributed by atoms with van der Waals surface area (Å²) in [5, 5.41) is 15.4. The average molecular weight is 357 g/mol. The van der Waals surface area contributed by atoms with Crippen LogP contribution in [-0.2, 0) is 19.0 Å². The molecular weight excluding hydrogens is 344 g/mol. The highest BCUT2D eigenvalue weighted by molar-refractivity contribution is 9.08. The Hall–Kier alpha value is -2.16. The number of alkyl halides is 1. The van der Waals surface area contributed by atoms with Gasteiger partial charge in [0.25, 0.3) is 5.69 Å². The van der Waals surface area contributed by atoms with Crippen molar-refractivity contribution in [1.29, 1.82) is 0 Å². The van der Waals surface area contributed by atoms with Gasteiger partial charge in [0, 0.05) is 17.9 Å². The second-order valence-corrected chi connectivity index (χ2v) is 4.67. The second kappa shape index (κ2) is 6.53. The van der Waals surface area contributed by atoms with Crippen LogP contribution in [0.4, 0.5) is 5.69 Å². The van der Waals surface area contributed by atoms with E-state index in [4.69, 9.17) is 9.47 Å². The van der Waals surface area contributed by atoms with Gasteiger partial charge in [0.1, 0.15) is 12.9 Å². The normalized spacial score (nSPS) is 10.4. The van der Waals surface area contributed by atoms with Crippen LogP contribution in [-0.4, -0.2) is 26.8 Å². The largest absolute Gasteiger partial charge is 0.493 e. The van der Waals surface area contributed by atoms with Crippen molar-refractivity contribution in [3.63, 3.8) is 0 Å². The molecule has 1 aromatic heterocycles. The lowest BCUT2D eigenvalue weighted by molar-refractivity contribution is -0.385. The molecule has 0 bridgehead atoms. The zero-order valence-electron chi connectivity index (χ0n) is 11.4. The van der Waals surface area contributed by atoms with Crippen LogP contribution in [0.15, 0.2) is 18.5 Å². The molecule has 0 atom stereocenters. The molecule has 0 radical (unpaired) electrons. The average Bonchev–Trinajstić information content (AvgIpc) is 2.89. The SMILES string of the molecule is COc1cc(CBr)c([N+](=O)[O-])cc1OCc1ncnn1C. The standard InChI is InChI=1S/C12H13BrN4O4/c1-16-12(14-7-15-16)6-21-11-4-9(17(18)19)8(5-13)3-10(11)20-2/h3-4,7H,5-6H2,1-2H3. The van der Waals surface area contributed by atoms with Gasteiger partial charge in [-0.2, -0.15) is 5.10 Å². The van der Waals surface area contributed by atoms with E-state index in [1.165, 1.54) is 19.5 Å². The van der Waals surface area contributed by atoms with Gasteiger partial charge in [0.05, 0.1) is 18.1 Å². The highest BCUT2D eigenvalue weighted by atomic mass is 79.9. The Morgan fingerprint density at radius 3 is 2.71 bits per heavy atom. The molecule has 2 aromatic rings. The summed E-state index contributed by atoms with van der Waals surface area (Å²) in [7, 11) is 3.22. The van der Waals surface area contributed by atoms with Crippen LogP contribution in [0.5, 0.6) is 11.5 Å². The van der Waals surface area contributed by atoms with Crippen LogP contribution in [0.25, 0.3) is 0 Å². The van der Waals surface area contributed by atoms with Gasteiger partial charge >= 0.3 is 0 Å². The number of benzene rings is 1. The van der Waals surface area contributed by atoms with Crippen molar-refractivity contribution >= 4 is 21.6 Å². The fraction of sp³-hybridized carbons (Fsp3) is 0.333. The second-order valence-electron chi connectivity index (χ2n) is 4.11. The number of aromatic nitrogens is 3. The maximum atomic E-state index is 11.1. The van der Waals surface area contributed by atoms with Crippen molar-refractivity contribution < 1.29 is 14.4 Å². The molecule has 0 N–H and O–H groups in total. The predicted molar refractivity (Wildman–Crippen MR) is 77.6 cm³/mol. The highest BCUT2D eigenvalue weighted by Crippen LogP contribution is 2.36. The summed E-state index contributed by atoms with van der Waals surface area (Å²) in [6, 6.07) is 2.94. The summed E-state index contributed by atoms with van der Waals surface area (Å²) < 4.78 is 12.4. The van der Waals surface area contributed by atoms with Crippen LogP contribution in [0.1, 0.15) is 11.4 Å². The molecular formula is C12H13BrN4O4. The van der Waals surface area contributed by atoms with Gasteiger partial charge in [0.15, 0.2) is 17.3 Å². The number of nitro groups is 1. The predicted octanol–water partition coefficient (Wildman–Crippen LogP) is 2.21. The molecule has 0 saturated heterocycles. The van der Waals surface area contributed by atoms with E-state index in [1.807, 2.05) is 0 Å². The Bertz CT molecular complexity index is 659. The van der Waals surface area contributed by atoms with E-state index in [1.54, 1.807) is 17.8 Å². The number of hydrogen-bond donors (Lipinski definition) is 0. The lowest BCUT2D eigenvalue weighted by Gasteiger charge is -2.11. The summed E-state index contributed by atoms with van der Waals surface area (Å²) in [4.78, 5) is 14.7. The molecule has 0 aliphatic carbocycles. The number of nitro benzene ring substituents is 1. The summed E-state index contributed by atoms with van der Waals surface area (Å²) >= 11 is 3.22. The molecule has 0 amide bonds. The number of rotatable bonds is 6. The molecule has 9 heteroatoms. The third-order valence-electron chi connectivity index (χ3n) is 2.87. The van der Waals surface area contributed by atoms with Gasteiger partial charge in [-0.15, -0.1) is 0 Å². The van der Waals surface area contributed by atoms with E-state index >= 15 is 0 Å². The highest BCUT2D eigenvalue weighted by Gasteiger charge is 2.19. The zero-order chi connectivity index (χ0) is 15.4. The fourth-order valence-corrected chi connectivity index (χ4v) is 2.18. The van der Waals surface area contributed by atoms with E-state index < -0.39 is 4.92 Å². The van der Waals surface area contributed by atoms with Crippen molar-refractivity contribution in [2.24, 2.45) is 7.05 Å². The molecule has 0 aliphatic heterocycles. The Morgan fingerprint density at radius 1 is 1.43 bits per heavy atom. The molecule has 0 unspecified atom stereocenters. The van der Waals surface area contributed by atoms with E-state index in [0.29, 0.717) is 22.5 Å². The van der Waals surface area contributed by atoms with E-state index in [9.17, 15) is 10.1 Å². The summed E-state index contributed by atoms with van der Waals surface area (Å²) in [6.45, 7) is 0.137. The Kier molecular flexibility index (Phi) is 4.73. The third kappa shape index (κ3) is 3.30. The van der Waals surface area contributed by atoms with E-state index in [-0.39, 0.29) is 18.0 Å². The monoisotopic (exact) mass is 356 g/mol. The molecule has 2 rings (SSSR count). The molecule has 0 aliphatic rings. The summed E-state index contributed by atoms with van der Waals surface area (Å²) in [5.74, 6) is 1.32. The molecule has 1 heterocycles. The Labute approximate surface area is 129 Å². The van der Waals surface area contributed by atoms with Crippen LogP contribution in [0.3, 0.4) is 0 Å². The first-order valence-corrected chi connectivity index (χ1v) is 7.06. The van der Waals surface area contributed by atoms with Crippen LogP contribution in [0, 0.1) is 10.1 Å². The zero-order valence-corrected chi connectivity index (χ0v) is 13.0. The topological polar surface area (TPSA) is 92.3 Å². The quantitative estimate of drug-likeness (QED) is 0.447. The Balaban J connectivity index is 2.31. The number of nitrogens with zero attached hydrogens (tertiary/aromatic N) is 4. The van der Waals surface area contributed by atoms with Gasteiger partial charge in [0.2, 0.25) is 0 Å². The third-order valence-corrected chi connectivity index (χ3v) is 3.47. The maximum Gasteiger partial charge on any atom is 0.277 e. The fourth-order valence-electron chi connectivity index (χ4n) is 1.73. The van der Waals surface area contributed by atoms with Crippen molar-refractivity contribution in [3.05, 3.63) is 40.0 Å². The van der Waals surface area contributed by atoms with Crippen molar-refractivity contribution in [2.75, 3.05) is 7.11 Å². The van der Waals surface area contributed by atoms with Crippen LogP contribution < -0.4 is 9.47 Å². The number of hydrogen-bond acceptors (Lipinski definition) is 6. The van der Waals surface area contributed by atoms with Gasteiger partial charge < -0.3 is 9.47 Å². The summed E-state index contributed by atoms with van der Waals surface area (Å²) in [6.07, 6.45) is 1.41. The number of halogens is 1. The minimum Gasteiger partial charge on any atom is -0.493 e. The van der Waals surface area contributed by atoms with Gasteiger partial charge in [-0.1, -0.05) is 15.9 Å². The molecule has 112 valence electrons. The number of methoxy groups -OCH3 is 1. The molecule has 0 spiro atoms. The van der Waals surface area contributed by atoms with E-state index in [2.05, 4.69) is 26.0 Å². The van der Waals surface area contributed by atoms with Crippen molar-refractivity contribution in [3.8, 4) is 11.5 Å². The molecule has 0 fully saturated rings. The number of aryl methyl sites for hydroxylation is 1. The number of ether oxygens (including phenoxy) is 2. The van der Waals surface area contributed by atoms with E-state index in [0.717, 1.165) is 0 Å². The van der Waals surface area contributed by atoms with Gasteiger partial charge in [-0.25, -0.2) is 4.98 Å². The minimum atomic E-state index is -0.453. The minimum absolute atomic E-state index is 0.0272. The van der Waals surface area contributed by atoms with Crippen LogP contribution >= 0.6 is 15.9 Å². The molecule has 1 aromatic carbocycles. The first-order chi connectivity index (χ1) is 10.1. The van der Waals surface area contributed by atoms with Crippen molar-refractivity contribution in [2.45, 2.75) is 11.9 Å². The van der Waals surface area contributed by atoms with Gasteiger partial charge in [-0.05, 0) is 6.07 Å². The smallest absolute Gasteiger partial charge is 0.277 e. The first kappa shape index (κ1) is 15.2. The molecule has 0 saturated carbocycles. The molecule has 21 heavy (non-hydrogen) atoms. The van der Waals surface area contributed by atoms with Gasteiger partial charge in [-0.3, -0.25) is 14.8 Å². The summed E-state index contributed by atoms with van der Waals surface area (Å²) in [5.41, 5.74) is 0.489. The Morgan fingerprint density at radius 2 is 2.19 bits per heavy atom.